The molecule has 0 nitrogen and oxygen atoms in total. The smallest absolute Gasteiger partial charge is 0.0351 e. The van der Waals surface area contributed by atoms with Gasteiger partial charge in [-0.15, -0.1) is 6.58 Å². The lowest BCUT2D eigenvalue weighted by Crippen LogP contribution is -2.29. The Morgan fingerprint density at radius 3 is 1.64 bits per heavy atom. The number of hydrogen-bond donors (Lipinski definition) is 0. The molecule has 0 amide bonds. The molecular formula is C22H37. The van der Waals surface area contributed by atoms with Gasteiger partial charge in [-0.1, -0.05) is 18.9 Å². The molecule has 0 heteroatoms. The third kappa shape index (κ3) is 4.39. The monoisotopic (exact) mass is 301 g/mol. The highest BCUT2D eigenvalue weighted by Crippen LogP contribution is 2.45. The number of hydrogen-bond acceptors (Lipinski definition) is 0. The molecule has 0 aromatic rings. The first-order valence-electron chi connectivity index (χ1n) is 10.3. The van der Waals surface area contributed by atoms with Gasteiger partial charge in [-0.25, -0.2) is 0 Å². The van der Waals surface area contributed by atoms with Crippen LogP contribution in [0.25, 0.3) is 0 Å². The zero-order valence-electron chi connectivity index (χ0n) is 14.6. The van der Waals surface area contributed by atoms with Crippen LogP contribution < -0.4 is 0 Å². The van der Waals surface area contributed by atoms with E-state index in [2.05, 4.69) is 19.1 Å². The highest BCUT2D eigenvalue weighted by atomic mass is 14.4. The Morgan fingerprint density at radius 2 is 1.14 bits per heavy atom. The van der Waals surface area contributed by atoms with Crippen molar-refractivity contribution >= 4 is 0 Å². The van der Waals surface area contributed by atoms with E-state index in [0.29, 0.717) is 0 Å². The van der Waals surface area contributed by atoms with E-state index in [1.54, 1.807) is 25.7 Å². The number of allylic oxidation sites excluding steroid dienone is 1. The third-order valence-electron chi connectivity index (χ3n) is 7.30. The average Bonchev–Trinajstić information content (AvgIpc) is 2.61. The molecule has 0 bridgehead atoms. The van der Waals surface area contributed by atoms with Gasteiger partial charge in [0.1, 0.15) is 0 Å². The van der Waals surface area contributed by atoms with Crippen molar-refractivity contribution in [2.24, 2.45) is 29.6 Å². The van der Waals surface area contributed by atoms with Crippen molar-refractivity contribution in [2.45, 2.75) is 89.9 Å². The summed E-state index contributed by atoms with van der Waals surface area (Å²) in [5.74, 6) is 5.37. The molecule has 1 radical (unpaired) electrons. The van der Waals surface area contributed by atoms with Crippen molar-refractivity contribution in [1.29, 1.82) is 0 Å². The molecule has 0 unspecified atom stereocenters. The van der Waals surface area contributed by atoms with Crippen LogP contribution in [0.5, 0.6) is 0 Å². The molecule has 0 aromatic heterocycles. The summed E-state index contributed by atoms with van der Waals surface area (Å²) in [4.78, 5) is 0. The van der Waals surface area contributed by atoms with E-state index in [4.69, 9.17) is 0 Å². The van der Waals surface area contributed by atoms with Crippen LogP contribution in [0, 0.1) is 36.0 Å². The van der Waals surface area contributed by atoms with E-state index in [0.717, 1.165) is 29.6 Å². The van der Waals surface area contributed by atoms with Gasteiger partial charge in [0.05, 0.1) is 0 Å². The first-order valence-corrected chi connectivity index (χ1v) is 10.3. The summed E-state index contributed by atoms with van der Waals surface area (Å²) in [6.45, 7) is 3.88. The second-order valence-electron chi connectivity index (χ2n) is 8.53. The van der Waals surface area contributed by atoms with Gasteiger partial charge in [-0.3, -0.25) is 0 Å². The molecule has 0 aliphatic heterocycles. The van der Waals surface area contributed by atoms with Crippen LogP contribution in [0.4, 0.5) is 0 Å². The van der Waals surface area contributed by atoms with Crippen LogP contribution in [0.15, 0.2) is 12.7 Å². The Kier molecular flexibility index (Phi) is 6.45. The van der Waals surface area contributed by atoms with Gasteiger partial charge >= 0.3 is 0 Å². The van der Waals surface area contributed by atoms with Gasteiger partial charge < -0.3 is 0 Å². The molecule has 0 heterocycles. The van der Waals surface area contributed by atoms with Crippen LogP contribution >= 0.6 is 0 Å². The van der Waals surface area contributed by atoms with Gasteiger partial charge in [0.2, 0.25) is 0 Å². The molecule has 22 heavy (non-hydrogen) atoms. The zero-order valence-corrected chi connectivity index (χ0v) is 14.6. The van der Waals surface area contributed by atoms with Crippen molar-refractivity contribution in [3.8, 4) is 0 Å². The molecule has 0 saturated heterocycles. The molecule has 0 N–H and O–H groups in total. The van der Waals surface area contributed by atoms with Crippen molar-refractivity contribution in [2.75, 3.05) is 0 Å². The minimum Gasteiger partial charge on any atom is -0.103 e. The van der Waals surface area contributed by atoms with E-state index >= 15 is 0 Å². The fourth-order valence-corrected chi connectivity index (χ4v) is 5.81. The summed E-state index contributed by atoms with van der Waals surface area (Å²) >= 11 is 0. The standard InChI is InChI=1S/C22H37/c1-2-3-7-18-10-12-20(13-11-18)22-16-14-21(15-17-22)19-8-5-4-6-9-19/h2,4,18-22H,1,3,5-17H2. The fourth-order valence-electron chi connectivity index (χ4n) is 5.81. The maximum absolute atomic E-state index is 3.88. The topological polar surface area (TPSA) is 0 Å². The van der Waals surface area contributed by atoms with E-state index in [-0.39, 0.29) is 0 Å². The maximum atomic E-state index is 3.88. The largest absolute Gasteiger partial charge is 0.103 e. The Labute approximate surface area is 139 Å². The van der Waals surface area contributed by atoms with Gasteiger partial charge in [-0.05, 0) is 113 Å². The van der Waals surface area contributed by atoms with Crippen LogP contribution in [0.3, 0.4) is 0 Å². The van der Waals surface area contributed by atoms with Gasteiger partial charge in [0, 0.05) is 0 Å². The Bertz CT molecular complexity index is 309. The predicted octanol–water partition coefficient (Wildman–Crippen LogP) is 6.96. The second kappa shape index (κ2) is 8.55. The van der Waals surface area contributed by atoms with Crippen molar-refractivity contribution in [1.82, 2.24) is 0 Å². The summed E-state index contributed by atoms with van der Waals surface area (Å²) < 4.78 is 0. The third-order valence-corrected chi connectivity index (χ3v) is 7.30. The van der Waals surface area contributed by atoms with E-state index in [1.165, 1.54) is 64.2 Å². The van der Waals surface area contributed by atoms with Crippen LogP contribution in [-0.2, 0) is 0 Å². The minimum absolute atomic E-state index is 1.02. The molecule has 0 spiro atoms. The highest BCUT2D eigenvalue weighted by molar-refractivity contribution is 4.87. The summed E-state index contributed by atoms with van der Waals surface area (Å²) in [7, 11) is 0. The Balaban J connectivity index is 1.37. The molecular weight excluding hydrogens is 264 g/mol. The molecule has 3 aliphatic rings. The summed E-state index contributed by atoms with van der Waals surface area (Å²) in [5, 5.41) is 0. The molecule has 3 fully saturated rings. The number of rotatable bonds is 5. The van der Waals surface area contributed by atoms with Crippen LogP contribution in [-0.4, -0.2) is 0 Å². The maximum Gasteiger partial charge on any atom is -0.0351 e. The quantitative estimate of drug-likeness (QED) is 0.481. The second-order valence-corrected chi connectivity index (χ2v) is 8.53. The lowest BCUT2D eigenvalue weighted by Gasteiger charge is -2.40. The van der Waals surface area contributed by atoms with E-state index in [9.17, 15) is 0 Å². The Morgan fingerprint density at radius 1 is 0.682 bits per heavy atom. The summed E-state index contributed by atoms with van der Waals surface area (Å²) in [6.07, 6.45) is 25.4. The first kappa shape index (κ1) is 16.6. The fraction of sp³-hybridized carbons (Fsp3) is 0.864. The van der Waals surface area contributed by atoms with Crippen LogP contribution in [0.1, 0.15) is 89.9 Å². The first-order chi connectivity index (χ1) is 10.9. The molecule has 0 atom stereocenters. The molecule has 0 aromatic carbocycles. The highest BCUT2D eigenvalue weighted by Gasteiger charge is 2.33. The molecule has 125 valence electrons. The zero-order chi connectivity index (χ0) is 15.2. The van der Waals surface area contributed by atoms with Crippen molar-refractivity contribution in [3.63, 3.8) is 0 Å². The van der Waals surface area contributed by atoms with Crippen molar-refractivity contribution in [3.05, 3.63) is 19.1 Å². The predicted molar refractivity (Wildman–Crippen MR) is 96.6 cm³/mol. The minimum atomic E-state index is 1.02. The normalized spacial score (nSPS) is 37.8. The lowest BCUT2D eigenvalue weighted by molar-refractivity contribution is 0.115. The van der Waals surface area contributed by atoms with Crippen molar-refractivity contribution < 1.29 is 0 Å². The van der Waals surface area contributed by atoms with E-state index in [1.807, 2.05) is 0 Å². The average molecular weight is 302 g/mol. The summed E-state index contributed by atoms with van der Waals surface area (Å²) in [6, 6.07) is 0. The van der Waals surface area contributed by atoms with Gasteiger partial charge in [0.15, 0.2) is 0 Å². The summed E-state index contributed by atoms with van der Waals surface area (Å²) in [5.41, 5.74) is 0. The SMILES string of the molecule is C=CCCC1CCC(C2CCC(C3CC[CH]CC3)CC2)CC1. The molecule has 3 saturated carbocycles. The van der Waals surface area contributed by atoms with E-state index < -0.39 is 0 Å². The Hall–Kier alpha value is -0.260. The lowest BCUT2D eigenvalue weighted by atomic mass is 9.65. The molecule has 3 rings (SSSR count). The van der Waals surface area contributed by atoms with Gasteiger partial charge in [0.25, 0.3) is 0 Å². The molecule has 3 aliphatic carbocycles. The van der Waals surface area contributed by atoms with Crippen LogP contribution in [0.2, 0.25) is 0 Å². The van der Waals surface area contributed by atoms with Gasteiger partial charge in [-0.2, -0.15) is 0 Å².